The van der Waals surface area contributed by atoms with Crippen molar-refractivity contribution in [3.05, 3.63) is 82.4 Å². The number of ether oxygens (including phenoxy) is 4. The fourth-order valence-corrected chi connectivity index (χ4v) is 5.00. The van der Waals surface area contributed by atoms with E-state index >= 15 is 0 Å². The number of methoxy groups -OCH3 is 3. The van der Waals surface area contributed by atoms with Crippen molar-refractivity contribution in [2.24, 2.45) is 0 Å². The maximum absolute atomic E-state index is 6.16. The Morgan fingerprint density at radius 1 is 0.844 bits per heavy atom. The number of nitrogens with zero attached hydrogens (tertiary/aromatic N) is 1. The Kier molecular flexibility index (Phi) is 5.66. The standard InChI is InChI=1S/C27H29NO4/c1-29-24-10-9-19-13-23-21-15-25(30-2)26(32-17-18-7-5-4-6-8-18)14-20(21)11-12-28(23)16-22(19)27(24)31-3/h4-10,14-15,23H,11-13,16-17H2,1-3H3/t23-/m0/s1. The summed E-state index contributed by atoms with van der Waals surface area (Å²) in [5, 5.41) is 0. The predicted molar refractivity (Wildman–Crippen MR) is 124 cm³/mol. The lowest BCUT2D eigenvalue weighted by Gasteiger charge is -2.42. The zero-order valence-electron chi connectivity index (χ0n) is 18.9. The molecule has 0 saturated heterocycles. The molecule has 0 amide bonds. The minimum Gasteiger partial charge on any atom is -0.493 e. The number of rotatable bonds is 6. The van der Waals surface area contributed by atoms with Crippen LogP contribution in [0.25, 0.3) is 0 Å². The van der Waals surface area contributed by atoms with Gasteiger partial charge in [0, 0.05) is 24.7 Å². The van der Waals surface area contributed by atoms with E-state index in [4.69, 9.17) is 18.9 Å². The third kappa shape index (κ3) is 3.67. The van der Waals surface area contributed by atoms with Crippen molar-refractivity contribution < 1.29 is 18.9 Å². The van der Waals surface area contributed by atoms with Crippen molar-refractivity contribution in [3.63, 3.8) is 0 Å². The molecule has 166 valence electrons. The Bertz CT molecular complexity index is 1110. The molecular formula is C27H29NO4. The SMILES string of the molecule is COc1cc2c(cc1OCc1ccccc1)CCN1Cc3c(ccc(OC)c3OC)C[C@@H]21. The summed E-state index contributed by atoms with van der Waals surface area (Å²) in [6, 6.07) is 19.1. The zero-order chi connectivity index (χ0) is 22.1. The number of fused-ring (bicyclic) bond motifs is 4. The van der Waals surface area contributed by atoms with Crippen molar-refractivity contribution in [1.29, 1.82) is 0 Å². The summed E-state index contributed by atoms with van der Waals surface area (Å²) in [7, 11) is 5.12. The molecule has 0 spiro atoms. The first-order valence-corrected chi connectivity index (χ1v) is 11.1. The van der Waals surface area contributed by atoms with Crippen LogP contribution in [0.1, 0.15) is 33.9 Å². The van der Waals surface area contributed by atoms with Gasteiger partial charge >= 0.3 is 0 Å². The molecule has 0 aliphatic carbocycles. The summed E-state index contributed by atoms with van der Waals surface area (Å²) in [6.07, 6.45) is 1.93. The monoisotopic (exact) mass is 431 g/mol. The van der Waals surface area contributed by atoms with E-state index in [9.17, 15) is 0 Å². The Balaban J connectivity index is 1.45. The molecule has 0 radical (unpaired) electrons. The highest BCUT2D eigenvalue weighted by atomic mass is 16.5. The molecule has 3 aromatic carbocycles. The van der Waals surface area contributed by atoms with E-state index in [-0.39, 0.29) is 0 Å². The van der Waals surface area contributed by atoms with Crippen molar-refractivity contribution in [2.75, 3.05) is 27.9 Å². The van der Waals surface area contributed by atoms with Gasteiger partial charge in [-0.3, -0.25) is 4.90 Å². The van der Waals surface area contributed by atoms with Crippen LogP contribution in [0.5, 0.6) is 23.0 Å². The highest BCUT2D eigenvalue weighted by Gasteiger charge is 2.35. The smallest absolute Gasteiger partial charge is 0.165 e. The van der Waals surface area contributed by atoms with Crippen molar-refractivity contribution in [3.8, 4) is 23.0 Å². The van der Waals surface area contributed by atoms with Gasteiger partial charge in [-0.15, -0.1) is 0 Å². The van der Waals surface area contributed by atoms with Gasteiger partial charge in [0.2, 0.25) is 0 Å². The Morgan fingerprint density at radius 3 is 2.41 bits per heavy atom. The third-order valence-electron chi connectivity index (χ3n) is 6.65. The average Bonchev–Trinajstić information content (AvgIpc) is 2.85. The van der Waals surface area contributed by atoms with Gasteiger partial charge in [0.15, 0.2) is 23.0 Å². The summed E-state index contributed by atoms with van der Waals surface area (Å²) in [4.78, 5) is 2.54. The van der Waals surface area contributed by atoms with Gasteiger partial charge < -0.3 is 18.9 Å². The van der Waals surface area contributed by atoms with Crippen LogP contribution >= 0.6 is 0 Å². The summed E-state index contributed by atoms with van der Waals surface area (Å²) < 4.78 is 23.1. The Morgan fingerprint density at radius 2 is 1.66 bits per heavy atom. The molecule has 1 atom stereocenters. The van der Waals surface area contributed by atoms with E-state index in [1.54, 1.807) is 21.3 Å². The third-order valence-corrected chi connectivity index (χ3v) is 6.65. The lowest BCUT2D eigenvalue weighted by Crippen LogP contribution is -2.39. The van der Waals surface area contributed by atoms with Crippen LogP contribution in [0.2, 0.25) is 0 Å². The molecule has 5 heteroatoms. The van der Waals surface area contributed by atoms with E-state index in [1.807, 2.05) is 24.3 Å². The molecule has 2 aliphatic rings. The fraction of sp³-hybridized carbons (Fsp3) is 0.333. The summed E-state index contributed by atoms with van der Waals surface area (Å²) in [6.45, 7) is 2.39. The molecule has 0 N–H and O–H groups in total. The van der Waals surface area contributed by atoms with E-state index < -0.39 is 0 Å². The number of benzene rings is 3. The molecule has 0 bridgehead atoms. The normalized spacial score (nSPS) is 17.0. The van der Waals surface area contributed by atoms with E-state index in [2.05, 4.69) is 35.2 Å². The van der Waals surface area contributed by atoms with Gasteiger partial charge in [-0.1, -0.05) is 36.4 Å². The zero-order valence-corrected chi connectivity index (χ0v) is 18.9. The number of hydrogen-bond acceptors (Lipinski definition) is 5. The lowest BCUT2D eigenvalue weighted by atomic mass is 9.83. The Labute approximate surface area is 189 Å². The van der Waals surface area contributed by atoms with Gasteiger partial charge in [0.05, 0.1) is 21.3 Å². The second-order valence-corrected chi connectivity index (χ2v) is 8.36. The summed E-state index contributed by atoms with van der Waals surface area (Å²) in [5.41, 5.74) is 6.38. The molecule has 32 heavy (non-hydrogen) atoms. The average molecular weight is 432 g/mol. The van der Waals surface area contributed by atoms with Crippen LogP contribution in [0, 0.1) is 0 Å². The molecule has 0 aromatic heterocycles. The molecule has 2 aliphatic heterocycles. The summed E-state index contributed by atoms with van der Waals surface area (Å²) >= 11 is 0. The first-order chi connectivity index (χ1) is 15.7. The molecule has 2 heterocycles. The first kappa shape index (κ1) is 20.7. The maximum atomic E-state index is 6.16. The van der Waals surface area contributed by atoms with E-state index in [0.717, 1.165) is 54.5 Å². The second-order valence-electron chi connectivity index (χ2n) is 8.36. The van der Waals surface area contributed by atoms with Crippen LogP contribution < -0.4 is 18.9 Å². The summed E-state index contributed by atoms with van der Waals surface area (Å²) in [5.74, 6) is 3.26. The van der Waals surface area contributed by atoms with Crippen LogP contribution in [0.4, 0.5) is 0 Å². The maximum Gasteiger partial charge on any atom is 0.165 e. The largest absolute Gasteiger partial charge is 0.493 e. The minimum absolute atomic E-state index is 0.321. The second kappa shape index (κ2) is 8.75. The van der Waals surface area contributed by atoms with E-state index in [0.29, 0.717) is 12.6 Å². The van der Waals surface area contributed by atoms with Crippen LogP contribution in [-0.4, -0.2) is 32.8 Å². The fourth-order valence-electron chi connectivity index (χ4n) is 5.00. The first-order valence-electron chi connectivity index (χ1n) is 11.1. The van der Waals surface area contributed by atoms with Crippen molar-refractivity contribution in [1.82, 2.24) is 4.90 Å². The molecule has 5 nitrogen and oxygen atoms in total. The molecule has 3 aromatic rings. The van der Waals surface area contributed by atoms with Crippen LogP contribution in [0.15, 0.2) is 54.6 Å². The molecule has 5 rings (SSSR count). The molecular weight excluding hydrogens is 402 g/mol. The van der Waals surface area contributed by atoms with Gasteiger partial charge in [0.25, 0.3) is 0 Å². The van der Waals surface area contributed by atoms with Crippen LogP contribution in [0.3, 0.4) is 0 Å². The van der Waals surface area contributed by atoms with Crippen LogP contribution in [-0.2, 0) is 26.0 Å². The highest BCUT2D eigenvalue weighted by Crippen LogP contribution is 2.45. The quantitative estimate of drug-likeness (QED) is 0.553. The minimum atomic E-state index is 0.321. The van der Waals surface area contributed by atoms with Gasteiger partial charge in [-0.25, -0.2) is 0 Å². The highest BCUT2D eigenvalue weighted by molar-refractivity contribution is 5.54. The predicted octanol–water partition coefficient (Wildman–Crippen LogP) is 4.95. The van der Waals surface area contributed by atoms with Gasteiger partial charge in [-0.05, 0) is 53.3 Å². The molecule has 0 saturated carbocycles. The number of hydrogen-bond donors (Lipinski definition) is 0. The van der Waals surface area contributed by atoms with Crippen molar-refractivity contribution >= 4 is 0 Å². The molecule has 0 fully saturated rings. The Hall–Kier alpha value is -3.18. The molecule has 0 unspecified atom stereocenters. The topological polar surface area (TPSA) is 40.2 Å². The lowest BCUT2D eigenvalue weighted by molar-refractivity contribution is 0.157. The van der Waals surface area contributed by atoms with E-state index in [1.165, 1.54) is 22.3 Å². The van der Waals surface area contributed by atoms with Gasteiger partial charge in [0.1, 0.15) is 6.61 Å². The van der Waals surface area contributed by atoms with Crippen molar-refractivity contribution in [2.45, 2.75) is 32.0 Å². The van der Waals surface area contributed by atoms with Gasteiger partial charge in [-0.2, -0.15) is 0 Å².